The van der Waals surface area contributed by atoms with Crippen molar-refractivity contribution in [3.63, 3.8) is 0 Å². The first-order chi connectivity index (χ1) is 13.2. The van der Waals surface area contributed by atoms with Gasteiger partial charge < -0.3 is 10.2 Å². The molecular formula is C20H25N5O2. The van der Waals surface area contributed by atoms with Crippen LogP contribution in [0.15, 0.2) is 29.3 Å². The van der Waals surface area contributed by atoms with Crippen LogP contribution >= 0.6 is 0 Å². The molecule has 3 aliphatic rings. The first-order valence-corrected chi connectivity index (χ1v) is 9.95. The SMILES string of the molecule is O=C1NCCC1N1CCN(c2ccc3c(=O)n(CC4CC4)cnc3c2)CC1. The third-order valence-electron chi connectivity index (χ3n) is 6.10. The number of fused-ring (bicyclic) bond motifs is 1. The zero-order valence-corrected chi connectivity index (χ0v) is 15.4. The molecule has 1 unspecified atom stereocenters. The highest BCUT2D eigenvalue weighted by molar-refractivity contribution is 5.84. The summed E-state index contributed by atoms with van der Waals surface area (Å²) in [6.07, 6.45) is 5.05. The van der Waals surface area contributed by atoms with E-state index in [-0.39, 0.29) is 17.5 Å². The summed E-state index contributed by atoms with van der Waals surface area (Å²) in [6.45, 7) is 5.11. The van der Waals surface area contributed by atoms with Crippen LogP contribution in [0.1, 0.15) is 19.3 Å². The minimum Gasteiger partial charge on any atom is -0.369 e. The molecule has 3 fully saturated rings. The number of piperazine rings is 1. The predicted octanol–water partition coefficient (Wildman–Crippen LogP) is 0.817. The lowest BCUT2D eigenvalue weighted by atomic mass is 10.1. The van der Waals surface area contributed by atoms with E-state index in [0.29, 0.717) is 11.3 Å². The van der Waals surface area contributed by atoms with Crippen molar-refractivity contribution in [2.45, 2.75) is 31.8 Å². The highest BCUT2D eigenvalue weighted by atomic mass is 16.2. The van der Waals surface area contributed by atoms with E-state index in [4.69, 9.17) is 0 Å². The second-order valence-corrected chi connectivity index (χ2v) is 7.97. The first-order valence-electron chi connectivity index (χ1n) is 9.95. The molecule has 142 valence electrons. The van der Waals surface area contributed by atoms with E-state index in [9.17, 15) is 9.59 Å². The van der Waals surface area contributed by atoms with Gasteiger partial charge in [0.05, 0.1) is 23.3 Å². The highest BCUT2D eigenvalue weighted by Crippen LogP contribution is 2.30. The van der Waals surface area contributed by atoms with Crippen molar-refractivity contribution in [2.75, 3.05) is 37.6 Å². The molecule has 0 bridgehead atoms. The zero-order chi connectivity index (χ0) is 18.4. The molecule has 27 heavy (non-hydrogen) atoms. The van der Waals surface area contributed by atoms with Crippen molar-refractivity contribution in [2.24, 2.45) is 5.92 Å². The number of nitrogens with one attached hydrogen (secondary N) is 1. The van der Waals surface area contributed by atoms with E-state index in [2.05, 4.69) is 20.1 Å². The fourth-order valence-corrected chi connectivity index (χ4v) is 4.27. The molecule has 1 aromatic carbocycles. The van der Waals surface area contributed by atoms with E-state index in [1.54, 1.807) is 10.9 Å². The average molecular weight is 367 g/mol. The molecule has 1 aliphatic carbocycles. The maximum Gasteiger partial charge on any atom is 0.261 e. The van der Waals surface area contributed by atoms with Crippen LogP contribution in [-0.4, -0.2) is 59.1 Å². The second kappa shape index (κ2) is 6.64. The van der Waals surface area contributed by atoms with Crippen molar-refractivity contribution in [3.05, 3.63) is 34.9 Å². The average Bonchev–Trinajstić information content (AvgIpc) is 3.42. The van der Waals surface area contributed by atoms with Crippen molar-refractivity contribution >= 4 is 22.5 Å². The maximum atomic E-state index is 12.7. The van der Waals surface area contributed by atoms with Gasteiger partial charge in [-0.25, -0.2) is 4.98 Å². The Labute approximate surface area is 158 Å². The Bertz CT molecular complexity index is 928. The van der Waals surface area contributed by atoms with Gasteiger partial charge in [0.25, 0.3) is 5.56 Å². The van der Waals surface area contributed by atoms with Gasteiger partial charge in [-0.3, -0.25) is 19.1 Å². The van der Waals surface area contributed by atoms with Gasteiger partial charge in [0, 0.05) is 45.0 Å². The van der Waals surface area contributed by atoms with E-state index in [1.165, 1.54) is 12.8 Å². The molecule has 1 aromatic heterocycles. The molecule has 1 N–H and O–H groups in total. The molecule has 7 heteroatoms. The molecule has 5 rings (SSSR count). The third kappa shape index (κ3) is 3.20. The lowest BCUT2D eigenvalue weighted by Gasteiger charge is -2.38. The van der Waals surface area contributed by atoms with E-state index in [1.807, 2.05) is 18.2 Å². The Morgan fingerprint density at radius 2 is 1.89 bits per heavy atom. The number of carbonyl (C=O) groups excluding carboxylic acids is 1. The number of rotatable bonds is 4. The van der Waals surface area contributed by atoms with E-state index >= 15 is 0 Å². The fourth-order valence-electron chi connectivity index (χ4n) is 4.27. The number of hydrogen-bond acceptors (Lipinski definition) is 5. The van der Waals surface area contributed by atoms with Gasteiger partial charge in [0.2, 0.25) is 5.91 Å². The van der Waals surface area contributed by atoms with Crippen LogP contribution in [0.3, 0.4) is 0 Å². The van der Waals surface area contributed by atoms with Crippen LogP contribution in [-0.2, 0) is 11.3 Å². The fraction of sp³-hybridized carbons (Fsp3) is 0.550. The topological polar surface area (TPSA) is 70.5 Å². The van der Waals surface area contributed by atoms with Gasteiger partial charge in [-0.15, -0.1) is 0 Å². The Kier molecular flexibility index (Phi) is 4.11. The third-order valence-corrected chi connectivity index (χ3v) is 6.10. The molecule has 1 saturated carbocycles. The van der Waals surface area contributed by atoms with Crippen LogP contribution in [0.2, 0.25) is 0 Å². The quantitative estimate of drug-likeness (QED) is 0.866. The lowest BCUT2D eigenvalue weighted by Crippen LogP contribution is -2.52. The molecule has 2 aromatic rings. The Morgan fingerprint density at radius 1 is 1.07 bits per heavy atom. The van der Waals surface area contributed by atoms with Gasteiger partial charge in [-0.05, 0) is 43.4 Å². The molecule has 1 amide bonds. The molecule has 0 radical (unpaired) electrons. The van der Waals surface area contributed by atoms with Crippen LogP contribution in [0, 0.1) is 5.92 Å². The largest absolute Gasteiger partial charge is 0.369 e. The predicted molar refractivity (Wildman–Crippen MR) is 104 cm³/mol. The van der Waals surface area contributed by atoms with Crippen LogP contribution in [0.4, 0.5) is 5.69 Å². The Balaban J connectivity index is 1.32. The van der Waals surface area contributed by atoms with Crippen LogP contribution in [0.5, 0.6) is 0 Å². The lowest BCUT2D eigenvalue weighted by molar-refractivity contribution is -0.123. The summed E-state index contributed by atoms with van der Waals surface area (Å²) in [4.78, 5) is 33.7. The molecule has 7 nitrogen and oxygen atoms in total. The van der Waals surface area contributed by atoms with Gasteiger partial charge in [-0.1, -0.05) is 0 Å². The summed E-state index contributed by atoms with van der Waals surface area (Å²) < 4.78 is 1.76. The van der Waals surface area contributed by atoms with Crippen LogP contribution < -0.4 is 15.8 Å². The number of hydrogen-bond donors (Lipinski definition) is 1. The zero-order valence-electron chi connectivity index (χ0n) is 15.4. The summed E-state index contributed by atoms with van der Waals surface area (Å²) >= 11 is 0. The normalized spacial score (nSPS) is 23.8. The summed E-state index contributed by atoms with van der Waals surface area (Å²) in [5.41, 5.74) is 1.93. The van der Waals surface area contributed by atoms with Crippen molar-refractivity contribution < 1.29 is 4.79 Å². The molecule has 2 aliphatic heterocycles. The Hall–Kier alpha value is -2.41. The van der Waals surface area contributed by atoms with Crippen molar-refractivity contribution in [1.29, 1.82) is 0 Å². The molecule has 1 atom stereocenters. The number of benzene rings is 1. The van der Waals surface area contributed by atoms with Gasteiger partial charge in [-0.2, -0.15) is 0 Å². The van der Waals surface area contributed by atoms with E-state index in [0.717, 1.165) is 56.9 Å². The molecule has 2 saturated heterocycles. The van der Waals surface area contributed by atoms with Gasteiger partial charge >= 0.3 is 0 Å². The first kappa shape index (κ1) is 16.7. The van der Waals surface area contributed by atoms with Gasteiger partial charge in [0.1, 0.15) is 0 Å². The number of nitrogens with zero attached hydrogens (tertiary/aromatic N) is 4. The molecule has 3 heterocycles. The van der Waals surface area contributed by atoms with Crippen LogP contribution in [0.25, 0.3) is 10.9 Å². The second-order valence-electron chi connectivity index (χ2n) is 7.97. The summed E-state index contributed by atoms with van der Waals surface area (Å²) in [6, 6.07) is 6.01. The van der Waals surface area contributed by atoms with Gasteiger partial charge in [0.15, 0.2) is 0 Å². The summed E-state index contributed by atoms with van der Waals surface area (Å²) in [5, 5.41) is 3.62. The molecule has 0 spiro atoms. The maximum absolute atomic E-state index is 12.7. The Morgan fingerprint density at radius 3 is 2.59 bits per heavy atom. The number of anilines is 1. The summed E-state index contributed by atoms with van der Waals surface area (Å²) in [5.74, 6) is 0.820. The van der Waals surface area contributed by atoms with Crippen molar-refractivity contribution in [1.82, 2.24) is 19.8 Å². The molecular weight excluding hydrogens is 342 g/mol. The number of aromatic nitrogens is 2. The standard InChI is InChI=1S/C20H25N5O2/c26-19-18(5-6-21-19)24-9-7-23(8-10-24)15-3-4-16-17(11-15)22-13-25(20(16)27)12-14-1-2-14/h3-4,11,13-14,18H,1-2,5-10,12H2,(H,21,26). The smallest absolute Gasteiger partial charge is 0.261 e. The number of carbonyl (C=O) groups is 1. The minimum absolute atomic E-state index is 0.0374. The monoisotopic (exact) mass is 367 g/mol. The van der Waals surface area contributed by atoms with E-state index < -0.39 is 0 Å². The van der Waals surface area contributed by atoms with Crippen molar-refractivity contribution in [3.8, 4) is 0 Å². The number of amides is 1. The summed E-state index contributed by atoms with van der Waals surface area (Å²) in [7, 11) is 0. The minimum atomic E-state index is 0.0374. The highest BCUT2D eigenvalue weighted by Gasteiger charge is 2.32.